The third-order valence-corrected chi connectivity index (χ3v) is 5.83. The summed E-state index contributed by atoms with van der Waals surface area (Å²) in [6.07, 6.45) is 5.48. The van der Waals surface area contributed by atoms with Gasteiger partial charge in [-0.2, -0.15) is 11.3 Å². The van der Waals surface area contributed by atoms with Gasteiger partial charge in [-0.25, -0.2) is 0 Å². The minimum atomic E-state index is 0.0733. The first kappa shape index (κ1) is 14.0. The van der Waals surface area contributed by atoms with Crippen LogP contribution in [0.15, 0.2) is 41.1 Å². The summed E-state index contributed by atoms with van der Waals surface area (Å²) in [6.45, 7) is 0.915. The van der Waals surface area contributed by atoms with E-state index in [9.17, 15) is 4.79 Å². The highest BCUT2D eigenvalue weighted by molar-refractivity contribution is 7.07. The Hall–Kier alpha value is -1.61. The van der Waals surface area contributed by atoms with Crippen LogP contribution < -0.4 is 0 Å². The Kier molecular flexibility index (Phi) is 3.75. The number of fused-ring (bicyclic) bond motifs is 1. The first-order chi connectivity index (χ1) is 10.8. The SMILES string of the molecule is O=C([C@H]1CCCc2ccccc21)N1CCC[C@@H]1c1ccsc1. The fourth-order valence-electron chi connectivity index (χ4n) is 4.05. The van der Waals surface area contributed by atoms with Gasteiger partial charge < -0.3 is 4.90 Å². The van der Waals surface area contributed by atoms with Crippen molar-refractivity contribution < 1.29 is 4.79 Å². The molecule has 0 N–H and O–H groups in total. The monoisotopic (exact) mass is 311 g/mol. The summed E-state index contributed by atoms with van der Waals surface area (Å²) in [5.74, 6) is 0.421. The molecule has 0 spiro atoms. The Morgan fingerprint density at radius 3 is 2.91 bits per heavy atom. The van der Waals surface area contributed by atoms with Crippen LogP contribution in [0.1, 0.15) is 54.3 Å². The highest BCUT2D eigenvalue weighted by atomic mass is 32.1. The van der Waals surface area contributed by atoms with Crippen molar-refractivity contribution in [3.8, 4) is 0 Å². The van der Waals surface area contributed by atoms with E-state index in [1.54, 1.807) is 11.3 Å². The number of hydrogen-bond acceptors (Lipinski definition) is 2. The predicted molar refractivity (Wildman–Crippen MR) is 90.1 cm³/mol. The first-order valence-corrected chi connectivity index (χ1v) is 9.19. The molecule has 2 aliphatic rings. The van der Waals surface area contributed by atoms with E-state index in [-0.39, 0.29) is 5.92 Å². The van der Waals surface area contributed by atoms with Crippen molar-refractivity contribution in [2.75, 3.05) is 6.54 Å². The normalized spacial score (nSPS) is 24.3. The van der Waals surface area contributed by atoms with Crippen LogP contribution in [-0.4, -0.2) is 17.4 Å². The molecule has 1 aliphatic carbocycles. The molecule has 1 aliphatic heterocycles. The van der Waals surface area contributed by atoms with E-state index >= 15 is 0 Å². The first-order valence-electron chi connectivity index (χ1n) is 8.25. The second-order valence-corrected chi connectivity index (χ2v) is 7.17. The third kappa shape index (κ3) is 2.38. The van der Waals surface area contributed by atoms with Crippen LogP contribution in [0.2, 0.25) is 0 Å². The smallest absolute Gasteiger partial charge is 0.230 e. The fourth-order valence-corrected chi connectivity index (χ4v) is 4.76. The van der Waals surface area contributed by atoms with Crippen molar-refractivity contribution >= 4 is 17.2 Å². The Bertz CT molecular complexity index is 664. The topological polar surface area (TPSA) is 20.3 Å². The summed E-state index contributed by atoms with van der Waals surface area (Å²) >= 11 is 1.73. The quantitative estimate of drug-likeness (QED) is 0.798. The molecule has 1 amide bonds. The minimum Gasteiger partial charge on any atom is -0.335 e. The maximum atomic E-state index is 13.2. The van der Waals surface area contributed by atoms with E-state index in [2.05, 4.69) is 46.0 Å². The van der Waals surface area contributed by atoms with Crippen molar-refractivity contribution in [1.82, 2.24) is 4.90 Å². The van der Waals surface area contributed by atoms with Crippen molar-refractivity contribution in [3.63, 3.8) is 0 Å². The number of likely N-dealkylation sites (tertiary alicyclic amines) is 1. The van der Waals surface area contributed by atoms with E-state index < -0.39 is 0 Å². The van der Waals surface area contributed by atoms with Gasteiger partial charge in [0.2, 0.25) is 5.91 Å². The van der Waals surface area contributed by atoms with Gasteiger partial charge in [-0.3, -0.25) is 4.79 Å². The minimum absolute atomic E-state index is 0.0733. The molecule has 114 valence electrons. The van der Waals surface area contributed by atoms with Crippen molar-refractivity contribution in [1.29, 1.82) is 0 Å². The second kappa shape index (κ2) is 5.88. The molecule has 0 unspecified atom stereocenters. The van der Waals surface area contributed by atoms with Crippen molar-refractivity contribution in [2.24, 2.45) is 0 Å². The number of carbonyl (C=O) groups is 1. The average molecular weight is 311 g/mol. The predicted octanol–water partition coefficient (Wildman–Crippen LogP) is 4.53. The van der Waals surface area contributed by atoms with E-state index in [4.69, 9.17) is 0 Å². The van der Waals surface area contributed by atoms with Gasteiger partial charge in [0.15, 0.2) is 0 Å². The molecule has 4 rings (SSSR count). The Morgan fingerprint density at radius 1 is 1.14 bits per heavy atom. The second-order valence-electron chi connectivity index (χ2n) is 6.39. The van der Waals surface area contributed by atoms with E-state index in [0.29, 0.717) is 11.9 Å². The van der Waals surface area contributed by atoms with E-state index in [0.717, 1.165) is 38.6 Å². The highest BCUT2D eigenvalue weighted by Gasteiger charge is 2.36. The summed E-state index contributed by atoms with van der Waals surface area (Å²) in [5.41, 5.74) is 3.97. The number of amides is 1. The molecular formula is C19H21NOS. The number of benzene rings is 1. The molecule has 2 heterocycles. The van der Waals surface area contributed by atoms with Gasteiger partial charge in [0.1, 0.15) is 0 Å². The van der Waals surface area contributed by atoms with Gasteiger partial charge >= 0.3 is 0 Å². The van der Waals surface area contributed by atoms with Crippen LogP contribution in [-0.2, 0) is 11.2 Å². The molecule has 1 saturated heterocycles. The van der Waals surface area contributed by atoms with Gasteiger partial charge in [0.25, 0.3) is 0 Å². The Balaban J connectivity index is 1.62. The molecule has 2 aromatic rings. The van der Waals surface area contributed by atoms with Gasteiger partial charge in [0.05, 0.1) is 12.0 Å². The molecule has 0 saturated carbocycles. The summed E-state index contributed by atoms with van der Waals surface area (Å²) in [5, 5.41) is 4.32. The molecule has 3 heteroatoms. The number of nitrogens with zero attached hydrogens (tertiary/aromatic N) is 1. The number of hydrogen-bond donors (Lipinski definition) is 0. The van der Waals surface area contributed by atoms with Crippen molar-refractivity contribution in [3.05, 3.63) is 57.8 Å². The average Bonchev–Trinajstić information content (AvgIpc) is 3.24. The lowest BCUT2D eigenvalue weighted by molar-refractivity contribution is -0.134. The lowest BCUT2D eigenvalue weighted by Gasteiger charge is -2.32. The standard InChI is InChI=1S/C19H21NOS/c21-19(17-8-3-6-14-5-1-2-7-16(14)17)20-11-4-9-18(20)15-10-12-22-13-15/h1-2,5,7,10,12-13,17-18H,3-4,6,8-9,11H2/t17-,18+/m0/s1. The van der Waals surface area contributed by atoms with Gasteiger partial charge in [-0.1, -0.05) is 24.3 Å². The molecule has 2 atom stereocenters. The largest absolute Gasteiger partial charge is 0.335 e. The maximum Gasteiger partial charge on any atom is 0.230 e. The number of aryl methyl sites for hydroxylation is 1. The van der Waals surface area contributed by atoms with Gasteiger partial charge in [-0.15, -0.1) is 0 Å². The van der Waals surface area contributed by atoms with Crippen LogP contribution in [0.3, 0.4) is 0 Å². The highest BCUT2D eigenvalue weighted by Crippen LogP contribution is 2.39. The summed E-state index contributed by atoms with van der Waals surface area (Å²) in [6, 6.07) is 11.0. The zero-order valence-corrected chi connectivity index (χ0v) is 13.5. The lowest BCUT2D eigenvalue weighted by Crippen LogP contribution is -2.35. The van der Waals surface area contributed by atoms with Crippen LogP contribution in [0.5, 0.6) is 0 Å². The summed E-state index contributed by atoms with van der Waals surface area (Å²) in [7, 11) is 0. The lowest BCUT2D eigenvalue weighted by atomic mass is 9.82. The maximum absolute atomic E-state index is 13.2. The zero-order valence-electron chi connectivity index (χ0n) is 12.7. The Morgan fingerprint density at radius 2 is 2.05 bits per heavy atom. The fraction of sp³-hybridized carbons (Fsp3) is 0.421. The van der Waals surface area contributed by atoms with Crippen LogP contribution >= 0.6 is 11.3 Å². The molecule has 2 nitrogen and oxygen atoms in total. The van der Waals surface area contributed by atoms with Crippen LogP contribution in [0, 0.1) is 0 Å². The number of carbonyl (C=O) groups excluding carboxylic acids is 1. The molecule has 22 heavy (non-hydrogen) atoms. The van der Waals surface area contributed by atoms with Crippen molar-refractivity contribution in [2.45, 2.75) is 44.1 Å². The summed E-state index contributed by atoms with van der Waals surface area (Å²) in [4.78, 5) is 15.3. The van der Waals surface area contributed by atoms with Gasteiger partial charge in [0, 0.05) is 6.54 Å². The Labute approximate surface area is 135 Å². The zero-order chi connectivity index (χ0) is 14.9. The van der Waals surface area contributed by atoms with Gasteiger partial charge in [-0.05, 0) is 65.6 Å². The molecule has 1 fully saturated rings. The molecule has 0 bridgehead atoms. The van der Waals surface area contributed by atoms with E-state index in [1.807, 2.05) is 0 Å². The van der Waals surface area contributed by atoms with Crippen LogP contribution in [0.25, 0.3) is 0 Å². The molecular weight excluding hydrogens is 290 g/mol. The number of rotatable bonds is 2. The van der Waals surface area contributed by atoms with Crippen LogP contribution in [0.4, 0.5) is 0 Å². The molecule has 1 aromatic heterocycles. The van der Waals surface area contributed by atoms with E-state index in [1.165, 1.54) is 16.7 Å². The molecule has 0 radical (unpaired) electrons. The molecule has 1 aromatic carbocycles. The summed E-state index contributed by atoms with van der Waals surface area (Å²) < 4.78 is 0. The number of thiophene rings is 1. The third-order valence-electron chi connectivity index (χ3n) is 5.13.